The van der Waals surface area contributed by atoms with Crippen molar-refractivity contribution in [2.24, 2.45) is 4.99 Å². The van der Waals surface area contributed by atoms with Gasteiger partial charge in [-0.2, -0.15) is 0 Å². The number of aliphatic imine (C=N–C) groups is 1. The highest BCUT2D eigenvalue weighted by Gasteiger charge is 2.06. The zero-order valence-electron chi connectivity index (χ0n) is 12.6. The van der Waals surface area contributed by atoms with Gasteiger partial charge in [-0.05, 0) is 43.7 Å². The topological polar surface area (TPSA) is 27.6 Å². The van der Waals surface area contributed by atoms with E-state index in [-0.39, 0.29) is 0 Å². The number of anilines is 2. The molecule has 2 aromatic carbocycles. The van der Waals surface area contributed by atoms with Crippen LogP contribution in [0.2, 0.25) is 5.02 Å². The summed E-state index contributed by atoms with van der Waals surface area (Å²) in [5.74, 6) is 0. The van der Waals surface area contributed by atoms with Gasteiger partial charge in [-0.25, -0.2) is 4.99 Å². The summed E-state index contributed by atoms with van der Waals surface area (Å²) < 4.78 is 0. The van der Waals surface area contributed by atoms with Gasteiger partial charge in [-0.3, -0.25) is 0 Å². The normalized spacial score (nSPS) is 10.9. The Bertz CT molecular complexity index is 623. The van der Waals surface area contributed by atoms with Crippen molar-refractivity contribution in [3.8, 4) is 0 Å². The van der Waals surface area contributed by atoms with Crippen molar-refractivity contribution in [1.29, 1.82) is 0 Å². The third kappa shape index (κ3) is 4.23. The lowest BCUT2D eigenvalue weighted by molar-refractivity contribution is 0.552. The van der Waals surface area contributed by atoms with E-state index in [0.717, 1.165) is 29.2 Å². The number of nitrogens with zero attached hydrogens (tertiary/aromatic N) is 2. The first-order chi connectivity index (χ1) is 10.1. The van der Waals surface area contributed by atoms with E-state index in [4.69, 9.17) is 11.6 Å². The molecular weight excluding hydrogens is 282 g/mol. The van der Waals surface area contributed by atoms with E-state index in [1.807, 2.05) is 67.7 Å². The summed E-state index contributed by atoms with van der Waals surface area (Å²) in [6.07, 6.45) is 1.82. The fraction of sp³-hybridized carbons (Fsp3) is 0.235. The van der Waals surface area contributed by atoms with Gasteiger partial charge in [0.25, 0.3) is 0 Å². The summed E-state index contributed by atoms with van der Waals surface area (Å²) in [7, 11) is 1.99. The van der Waals surface area contributed by atoms with Crippen molar-refractivity contribution >= 4 is 35.0 Å². The Morgan fingerprint density at radius 1 is 1.24 bits per heavy atom. The smallest absolute Gasteiger partial charge is 0.0909 e. The number of hydrogen-bond acceptors (Lipinski definition) is 2. The van der Waals surface area contributed by atoms with Crippen LogP contribution in [0.15, 0.2) is 47.5 Å². The van der Waals surface area contributed by atoms with Gasteiger partial charge in [0.1, 0.15) is 0 Å². The molecule has 0 radical (unpaired) electrons. The van der Waals surface area contributed by atoms with Gasteiger partial charge in [-0.15, -0.1) is 0 Å². The Kier molecular flexibility index (Phi) is 5.23. The summed E-state index contributed by atoms with van der Waals surface area (Å²) in [6, 6.07) is 13.8. The molecule has 0 atom stereocenters. The summed E-state index contributed by atoms with van der Waals surface area (Å²) in [6.45, 7) is 5.04. The second-order valence-corrected chi connectivity index (χ2v) is 5.34. The Hall–Kier alpha value is -2.00. The molecule has 0 saturated carbocycles. The third-order valence-corrected chi connectivity index (χ3v) is 3.51. The van der Waals surface area contributed by atoms with Crippen molar-refractivity contribution in [3.63, 3.8) is 0 Å². The lowest BCUT2D eigenvalue weighted by Crippen LogP contribution is -2.14. The molecule has 0 aliphatic heterocycles. The maximum absolute atomic E-state index is 6.21. The molecule has 0 fully saturated rings. The van der Waals surface area contributed by atoms with Crippen molar-refractivity contribution in [3.05, 3.63) is 53.1 Å². The van der Waals surface area contributed by atoms with Crippen LogP contribution in [0.1, 0.15) is 12.5 Å². The minimum absolute atomic E-state index is 0.672. The van der Waals surface area contributed by atoms with E-state index in [2.05, 4.69) is 17.2 Å². The van der Waals surface area contributed by atoms with Crippen molar-refractivity contribution in [2.75, 3.05) is 18.9 Å². The number of para-hydroxylation sites is 1. The first kappa shape index (κ1) is 15.4. The molecule has 0 bridgehead atoms. The number of benzene rings is 2. The molecular formula is C17H20ClN3. The average molecular weight is 302 g/mol. The number of nitrogens with one attached hydrogen (secondary N) is 1. The highest BCUT2D eigenvalue weighted by molar-refractivity contribution is 6.31. The molecule has 0 heterocycles. The minimum Gasteiger partial charge on any atom is -0.366 e. The molecule has 4 heteroatoms. The van der Waals surface area contributed by atoms with Gasteiger partial charge in [0, 0.05) is 30.0 Å². The molecule has 2 rings (SSSR count). The zero-order chi connectivity index (χ0) is 15.2. The molecule has 0 aromatic heterocycles. The number of halogens is 1. The average Bonchev–Trinajstić information content (AvgIpc) is 2.49. The van der Waals surface area contributed by atoms with Crippen LogP contribution in [-0.4, -0.2) is 24.8 Å². The summed E-state index contributed by atoms with van der Waals surface area (Å²) >= 11 is 6.21. The molecule has 3 nitrogen and oxygen atoms in total. The Labute approximate surface area is 131 Å². The van der Waals surface area contributed by atoms with E-state index in [1.54, 1.807) is 0 Å². The highest BCUT2D eigenvalue weighted by Crippen LogP contribution is 2.32. The Balaban J connectivity index is 2.30. The summed E-state index contributed by atoms with van der Waals surface area (Å²) in [5.41, 5.74) is 3.95. The fourth-order valence-electron chi connectivity index (χ4n) is 1.85. The van der Waals surface area contributed by atoms with Crippen LogP contribution in [0, 0.1) is 6.92 Å². The van der Waals surface area contributed by atoms with Crippen molar-refractivity contribution in [2.45, 2.75) is 13.8 Å². The quantitative estimate of drug-likeness (QED) is 0.621. The molecule has 0 aliphatic rings. The van der Waals surface area contributed by atoms with E-state index >= 15 is 0 Å². The Morgan fingerprint density at radius 3 is 2.62 bits per heavy atom. The molecule has 21 heavy (non-hydrogen) atoms. The predicted molar refractivity (Wildman–Crippen MR) is 92.4 cm³/mol. The zero-order valence-corrected chi connectivity index (χ0v) is 13.4. The van der Waals surface area contributed by atoms with Crippen LogP contribution in [0.25, 0.3) is 0 Å². The number of hydrogen-bond donors (Lipinski definition) is 1. The fourth-order valence-corrected chi connectivity index (χ4v) is 2.06. The summed E-state index contributed by atoms with van der Waals surface area (Å²) in [5, 5.41) is 4.05. The largest absolute Gasteiger partial charge is 0.366 e. The van der Waals surface area contributed by atoms with Crippen LogP contribution in [-0.2, 0) is 0 Å². The monoisotopic (exact) mass is 301 g/mol. The van der Waals surface area contributed by atoms with Crippen molar-refractivity contribution in [1.82, 2.24) is 4.90 Å². The van der Waals surface area contributed by atoms with E-state index in [0.29, 0.717) is 5.02 Å². The maximum atomic E-state index is 6.21. The standard InChI is InChI=1S/C17H20ClN3/c1-4-21(3)12-19-16-10-14(18)11-17(13(16)2)20-15-8-6-5-7-9-15/h5-12,20H,4H2,1-3H3. The van der Waals surface area contributed by atoms with Crippen LogP contribution < -0.4 is 5.32 Å². The SMILES string of the molecule is CCN(C)C=Nc1cc(Cl)cc(Nc2ccccc2)c1C. The van der Waals surface area contributed by atoms with Crippen molar-refractivity contribution < 1.29 is 0 Å². The van der Waals surface area contributed by atoms with E-state index in [1.165, 1.54) is 0 Å². The van der Waals surface area contributed by atoms with Crippen LogP contribution in [0.5, 0.6) is 0 Å². The van der Waals surface area contributed by atoms with Gasteiger partial charge < -0.3 is 10.2 Å². The lowest BCUT2D eigenvalue weighted by Gasteiger charge is -2.13. The van der Waals surface area contributed by atoms with Crippen LogP contribution >= 0.6 is 11.6 Å². The highest BCUT2D eigenvalue weighted by atomic mass is 35.5. The van der Waals surface area contributed by atoms with Gasteiger partial charge in [0.05, 0.1) is 12.0 Å². The van der Waals surface area contributed by atoms with E-state index < -0.39 is 0 Å². The Morgan fingerprint density at radius 2 is 1.95 bits per heavy atom. The second-order valence-electron chi connectivity index (χ2n) is 4.91. The molecule has 0 saturated heterocycles. The molecule has 2 aromatic rings. The molecule has 0 amide bonds. The second kappa shape index (κ2) is 7.14. The molecule has 0 spiro atoms. The number of rotatable bonds is 5. The third-order valence-electron chi connectivity index (χ3n) is 3.29. The van der Waals surface area contributed by atoms with E-state index in [9.17, 15) is 0 Å². The predicted octanol–water partition coefficient (Wildman–Crippen LogP) is 5.00. The molecule has 0 aliphatic carbocycles. The van der Waals surface area contributed by atoms with Gasteiger partial charge in [0.2, 0.25) is 0 Å². The maximum Gasteiger partial charge on any atom is 0.0909 e. The first-order valence-electron chi connectivity index (χ1n) is 6.96. The lowest BCUT2D eigenvalue weighted by atomic mass is 10.1. The van der Waals surface area contributed by atoms with Crippen LogP contribution in [0.4, 0.5) is 17.1 Å². The minimum atomic E-state index is 0.672. The van der Waals surface area contributed by atoms with Gasteiger partial charge in [0.15, 0.2) is 0 Å². The molecule has 1 N–H and O–H groups in total. The van der Waals surface area contributed by atoms with Gasteiger partial charge in [-0.1, -0.05) is 29.8 Å². The van der Waals surface area contributed by atoms with Crippen LogP contribution in [0.3, 0.4) is 0 Å². The summed E-state index contributed by atoms with van der Waals surface area (Å²) in [4.78, 5) is 6.53. The molecule has 110 valence electrons. The van der Waals surface area contributed by atoms with Gasteiger partial charge >= 0.3 is 0 Å². The molecule has 0 unspecified atom stereocenters. The first-order valence-corrected chi connectivity index (χ1v) is 7.34.